The Morgan fingerprint density at radius 2 is 1.91 bits per heavy atom. The number of ketones is 1. The van der Waals surface area contributed by atoms with Crippen molar-refractivity contribution in [3.63, 3.8) is 0 Å². The molecule has 2 aromatic carbocycles. The van der Waals surface area contributed by atoms with E-state index < -0.39 is 0 Å². The number of benzene rings is 2. The maximum absolute atomic E-state index is 12.2. The number of anilines is 1. The monoisotopic (exact) mass is 297 g/mol. The van der Waals surface area contributed by atoms with Gasteiger partial charge in [0.1, 0.15) is 5.75 Å². The van der Waals surface area contributed by atoms with Crippen molar-refractivity contribution in [2.24, 2.45) is 0 Å². The first-order chi connectivity index (χ1) is 10.5. The van der Waals surface area contributed by atoms with Gasteiger partial charge in [-0.1, -0.05) is 29.8 Å². The zero-order valence-electron chi connectivity index (χ0n) is 13.0. The van der Waals surface area contributed by atoms with E-state index in [4.69, 9.17) is 4.74 Å². The van der Waals surface area contributed by atoms with E-state index in [1.807, 2.05) is 25.1 Å². The zero-order valence-corrected chi connectivity index (χ0v) is 13.0. The molecule has 0 aliphatic carbocycles. The smallest absolute Gasteiger partial charge is 0.228 e. The molecule has 0 unspecified atom stereocenters. The van der Waals surface area contributed by atoms with Gasteiger partial charge in [-0.05, 0) is 32.0 Å². The third kappa shape index (κ3) is 3.95. The molecule has 4 nitrogen and oxygen atoms in total. The molecule has 0 saturated carbocycles. The maximum Gasteiger partial charge on any atom is 0.228 e. The first-order valence-electron chi connectivity index (χ1n) is 7.04. The number of carbonyl (C=O) groups is 2. The fourth-order valence-corrected chi connectivity index (χ4v) is 2.24. The van der Waals surface area contributed by atoms with Crippen molar-refractivity contribution in [2.75, 3.05) is 12.4 Å². The van der Waals surface area contributed by atoms with Crippen LogP contribution < -0.4 is 10.1 Å². The molecular weight excluding hydrogens is 278 g/mol. The molecule has 0 aliphatic heterocycles. The van der Waals surface area contributed by atoms with Gasteiger partial charge in [0, 0.05) is 16.8 Å². The van der Waals surface area contributed by atoms with Crippen LogP contribution >= 0.6 is 0 Å². The standard InChI is InChI=1S/C18H19NO3/c1-12-7-8-17(22-3)15(9-12)11-18(21)19-16-6-4-5-14(10-16)13(2)20/h4-10H,11H2,1-3H3,(H,19,21). The normalized spacial score (nSPS) is 10.1. The minimum absolute atomic E-state index is 0.0311. The van der Waals surface area contributed by atoms with E-state index in [0.717, 1.165) is 11.1 Å². The quantitative estimate of drug-likeness (QED) is 0.861. The maximum atomic E-state index is 12.2. The Hall–Kier alpha value is -2.62. The van der Waals surface area contributed by atoms with Gasteiger partial charge >= 0.3 is 0 Å². The van der Waals surface area contributed by atoms with Gasteiger partial charge in [-0.15, -0.1) is 0 Å². The molecular formula is C18H19NO3. The number of Topliss-reactive ketones (excluding diaryl/α,β-unsaturated/α-hetero) is 1. The van der Waals surface area contributed by atoms with Crippen LogP contribution in [-0.2, 0) is 11.2 Å². The molecule has 0 bridgehead atoms. The topological polar surface area (TPSA) is 55.4 Å². The molecule has 0 saturated heterocycles. The van der Waals surface area contributed by atoms with Crippen LogP contribution in [0.3, 0.4) is 0 Å². The lowest BCUT2D eigenvalue weighted by Crippen LogP contribution is -2.15. The van der Waals surface area contributed by atoms with E-state index in [-0.39, 0.29) is 18.1 Å². The summed E-state index contributed by atoms with van der Waals surface area (Å²) in [6, 6.07) is 12.6. The van der Waals surface area contributed by atoms with Gasteiger partial charge in [0.15, 0.2) is 5.78 Å². The molecule has 1 N–H and O–H groups in total. The summed E-state index contributed by atoms with van der Waals surface area (Å²) in [5.74, 6) is 0.513. The largest absolute Gasteiger partial charge is 0.496 e. The Kier molecular flexibility index (Phi) is 4.94. The number of carbonyl (C=O) groups excluding carboxylic acids is 2. The van der Waals surface area contributed by atoms with Gasteiger partial charge in [0.2, 0.25) is 5.91 Å². The summed E-state index contributed by atoms with van der Waals surface area (Å²) in [5.41, 5.74) is 3.10. The van der Waals surface area contributed by atoms with E-state index in [0.29, 0.717) is 17.0 Å². The summed E-state index contributed by atoms with van der Waals surface area (Å²) in [4.78, 5) is 23.6. The minimum atomic E-state index is -0.149. The van der Waals surface area contributed by atoms with Crippen molar-refractivity contribution in [1.82, 2.24) is 0 Å². The first-order valence-corrected chi connectivity index (χ1v) is 7.04. The van der Waals surface area contributed by atoms with Gasteiger partial charge < -0.3 is 10.1 Å². The molecule has 0 aromatic heterocycles. The predicted octanol–water partition coefficient (Wildman–Crippen LogP) is 3.39. The van der Waals surface area contributed by atoms with Gasteiger partial charge in [-0.3, -0.25) is 9.59 Å². The van der Waals surface area contributed by atoms with Gasteiger partial charge in [-0.25, -0.2) is 0 Å². The summed E-state index contributed by atoms with van der Waals surface area (Å²) in [6.45, 7) is 3.47. The SMILES string of the molecule is COc1ccc(C)cc1CC(=O)Nc1cccc(C(C)=O)c1. The summed E-state index contributed by atoms with van der Waals surface area (Å²) < 4.78 is 5.28. The van der Waals surface area contributed by atoms with Gasteiger partial charge in [0.25, 0.3) is 0 Å². The molecule has 0 fully saturated rings. The van der Waals surface area contributed by atoms with E-state index in [1.54, 1.807) is 31.4 Å². The van der Waals surface area contributed by atoms with Crippen molar-refractivity contribution >= 4 is 17.4 Å². The number of aryl methyl sites for hydroxylation is 1. The zero-order chi connectivity index (χ0) is 16.1. The van der Waals surface area contributed by atoms with Crippen LogP contribution in [0.5, 0.6) is 5.75 Å². The molecule has 0 aliphatic rings. The number of amides is 1. The number of ether oxygens (including phenoxy) is 1. The van der Waals surface area contributed by atoms with Crippen molar-refractivity contribution < 1.29 is 14.3 Å². The lowest BCUT2D eigenvalue weighted by atomic mass is 10.1. The predicted molar refractivity (Wildman–Crippen MR) is 86.5 cm³/mol. The highest BCUT2D eigenvalue weighted by atomic mass is 16.5. The fraction of sp³-hybridized carbons (Fsp3) is 0.222. The van der Waals surface area contributed by atoms with Crippen molar-refractivity contribution in [3.8, 4) is 5.75 Å². The third-order valence-corrected chi connectivity index (χ3v) is 3.34. The summed E-state index contributed by atoms with van der Waals surface area (Å²) in [6.07, 6.45) is 0.217. The second-order valence-electron chi connectivity index (χ2n) is 5.18. The van der Waals surface area contributed by atoms with E-state index in [1.165, 1.54) is 6.92 Å². The Labute approximate surface area is 130 Å². The summed E-state index contributed by atoms with van der Waals surface area (Å²) >= 11 is 0. The van der Waals surface area contributed by atoms with E-state index in [9.17, 15) is 9.59 Å². The van der Waals surface area contributed by atoms with Crippen LogP contribution in [0, 0.1) is 6.92 Å². The Balaban J connectivity index is 2.12. The van der Waals surface area contributed by atoms with Crippen LogP contribution in [-0.4, -0.2) is 18.8 Å². The number of rotatable bonds is 5. The molecule has 1 amide bonds. The minimum Gasteiger partial charge on any atom is -0.496 e. The van der Waals surface area contributed by atoms with Gasteiger partial charge in [-0.2, -0.15) is 0 Å². The van der Waals surface area contributed by atoms with Crippen LogP contribution in [0.4, 0.5) is 5.69 Å². The van der Waals surface area contributed by atoms with Crippen LogP contribution in [0.15, 0.2) is 42.5 Å². The molecule has 22 heavy (non-hydrogen) atoms. The average Bonchev–Trinajstić information content (AvgIpc) is 2.47. The highest BCUT2D eigenvalue weighted by Crippen LogP contribution is 2.21. The molecule has 2 rings (SSSR count). The lowest BCUT2D eigenvalue weighted by Gasteiger charge is -2.10. The highest BCUT2D eigenvalue weighted by molar-refractivity contribution is 5.97. The average molecular weight is 297 g/mol. The van der Waals surface area contributed by atoms with Crippen LogP contribution in [0.1, 0.15) is 28.4 Å². The van der Waals surface area contributed by atoms with Crippen molar-refractivity contribution in [2.45, 2.75) is 20.3 Å². The van der Waals surface area contributed by atoms with Crippen molar-refractivity contribution in [1.29, 1.82) is 0 Å². The summed E-state index contributed by atoms with van der Waals surface area (Å²) in [7, 11) is 1.59. The fourth-order valence-electron chi connectivity index (χ4n) is 2.24. The van der Waals surface area contributed by atoms with E-state index in [2.05, 4.69) is 5.32 Å². The third-order valence-electron chi connectivity index (χ3n) is 3.34. The highest BCUT2D eigenvalue weighted by Gasteiger charge is 2.10. The molecule has 0 atom stereocenters. The number of hydrogen-bond donors (Lipinski definition) is 1. The van der Waals surface area contributed by atoms with Gasteiger partial charge in [0.05, 0.1) is 13.5 Å². The number of nitrogens with one attached hydrogen (secondary N) is 1. The molecule has 0 radical (unpaired) electrons. The van der Waals surface area contributed by atoms with Crippen LogP contribution in [0.25, 0.3) is 0 Å². The second-order valence-corrected chi connectivity index (χ2v) is 5.18. The van der Waals surface area contributed by atoms with E-state index >= 15 is 0 Å². The van der Waals surface area contributed by atoms with Crippen molar-refractivity contribution in [3.05, 3.63) is 59.2 Å². The second kappa shape index (κ2) is 6.89. The molecule has 114 valence electrons. The molecule has 0 spiro atoms. The Morgan fingerprint density at radius 3 is 2.59 bits per heavy atom. The van der Waals surface area contributed by atoms with Crippen LogP contribution in [0.2, 0.25) is 0 Å². The Morgan fingerprint density at radius 1 is 1.14 bits per heavy atom. The number of methoxy groups -OCH3 is 1. The summed E-state index contributed by atoms with van der Waals surface area (Å²) in [5, 5.41) is 2.81. The first kappa shape index (κ1) is 15.8. The Bertz CT molecular complexity index is 707. The molecule has 0 heterocycles. The molecule has 2 aromatic rings. The number of hydrogen-bond acceptors (Lipinski definition) is 3. The lowest BCUT2D eigenvalue weighted by molar-refractivity contribution is -0.115. The molecule has 4 heteroatoms.